The number of ether oxygens (including phenoxy) is 1. The van der Waals surface area contributed by atoms with Crippen molar-refractivity contribution in [3.05, 3.63) is 76.7 Å². The molecule has 0 spiro atoms. The first kappa shape index (κ1) is 18.7. The van der Waals surface area contributed by atoms with E-state index in [1.807, 2.05) is 6.07 Å². The summed E-state index contributed by atoms with van der Waals surface area (Å²) in [5, 5.41) is 1.28. The first-order valence-corrected chi connectivity index (χ1v) is 9.55. The lowest BCUT2D eigenvalue weighted by Gasteiger charge is -2.11. The zero-order valence-corrected chi connectivity index (χ0v) is 16.0. The van der Waals surface area contributed by atoms with Gasteiger partial charge in [0.25, 0.3) is 0 Å². The summed E-state index contributed by atoms with van der Waals surface area (Å²) in [5.74, 6) is 1.82. The highest BCUT2D eigenvalue weighted by Crippen LogP contribution is 2.28. The average molecular weight is 389 g/mol. The van der Waals surface area contributed by atoms with Gasteiger partial charge in [0.05, 0.1) is 5.69 Å². The maximum absolute atomic E-state index is 13.0. The molecule has 0 N–H and O–H groups in total. The summed E-state index contributed by atoms with van der Waals surface area (Å²) in [6.07, 6.45) is 0. The van der Waals surface area contributed by atoms with E-state index >= 15 is 0 Å². The van der Waals surface area contributed by atoms with Crippen molar-refractivity contribution >= 4 is 23.4 Å². The smallest absolute Gasteiger partial charge is 0.223 e. The maximum atomic E-state index is 13.0. The van der Waals surface area contributed by atoms with E-state index in [0.717, 1.165) is 11.3 Å². The van der Waals surface area contributed by atoms with Gasteiger partial charge in [-0.05, 0) is 47.9 Å². The van der Waals surface area contributed by atoms with Crippen molar-refractivity contribution in [1.29, 1.82) is 0 Å². The lowest BCUT2D eigenvalue weighted by atomic mass is 10.1. The summed E-state index contributed by atoms with van der Waals surface area (Å²) >= 11 is 7.40. The fraction of sp³-hybridized carbons (Fsp3) is 0.200. The Hall–Kier alpha value is -2.11. The van der Waals surface area contributed by atoms with E-state index < -0.39 is 0 Å². The molecule has 0 aliphatic rings. The number of nitrogens with zero attached hydrogens (tertiary/aromatic N) is 2. The molecule has 0 amide bonds. The van der Waals surface area contributed by atoms with Crippen molar-refractivity contribution in [3.8, 4) is 11.6 Å². The SMILES string of the molecule is CC(C)c1cc(Oc2ccc(Cl)cc2)nc(SCc2ccc(F)cc2)n1. The fourth-order valence-corrected chi connectivity index (χ4v) is 3.12. The quantitative estimate of drug-likeness (QED) is 0.357. The van der Waals surface area contributed by atoms with Crippen LogP contribution < -0.4 is 4.74 Å². The molecule has 0 radical (unpaired) electrons. The van der Waals surface area contributed by atoms with Crippen LogP contribution in [0.4, 0.5) is 4.39 Å². The summed E-state index contributed by atoms with van der Waals surface area (Å²) in [5.41, 5.74) is 1.92. The molecule has 3 aromatic rings. The van der Waals surface area contributed by atoms with Gasteiger partial charge in [0.15, 0.2) is 5.16 Å². The van der Waals surface area contributed by atoms with E-state index in [1.165, 1.54) is 23.9 Å². The molecule has 134 valence electrons. The van der Waals surface area contributed by atoms with Gasteiger partial charge in [-0.15, -0.1) is 0 Å². The number of aromatic nitrogens is 2. The van der Waals surface area contributed by atoms with Gasteiger partial charge in [0.1, 0.15) is 11.6 Å². The summed E-state index contributed by atoms with van der Waals surface area (Å²) in [6.45, 7) is 4.14. The zero-order chi connectivity index (χ0) is 18.5. The highest BCUT2D eigenvalue weighted by atomic mass is 35.5. The van der Waals surface area contributed by atoms with Gasteiger partial charge in [-0.25, -0.2) is 9.37 Å². The monoisotopic (exact) mass is 388 g/mol. The van der Waals surface area contributed by atoms with Gasteiger partial charge in [-0.1, -0.05) is 49.3 Å². The van der Waals surface area contributed by atoms with E-state index in [1.54, 1.807) is 36.4 Å². The lowest BCUT2D eigenvalue weighted by molar-refractivity contribution is 0.453. The van der Waals surface area contributed by atoms with Crippen molar-refractivity contribution in [1.82, 2.24) is 9.97 Å². The third kappa shape index (κ3) is 5.19. The summed E-state index contributed by atoms with van der Waals surface area (Å²) in [7, 11) is 0. The van der Waals surface area contributed by atoms with E-state index in [-0.39, 0.29) is 11.7 Å². The summed E-state index contributed by atoms with van der Waals surface area (Å²) in [4.78, 5) is 9.09. The number of hydrogen-bond donors (Lipinski definition) is 0. The van der Waals surface area contributed by atoms with Crippen LogP contribution in [0.2, 0.25) is 5.02 Å². The molecule has 0 saturated heterocycles. The van der Waals surface area contributed by atoms with Crippen molar-refractivity contribution < 1.29 is 9.13 Å². The van der Waals surface area contributed by atoms with Gasteiger partial charge in [-0.2, -0.15) is 4.98 Å². The van der Waals surface area contributed by atoms with Crippen LogP contribution in [-0.2, 0) is 5.75 Å². The molecule has 26 heavy (non-hydrogen) atoms. The van der Waals surface area contributed by atoms with Crippen LogP contribution in [-0.4, -0.2) is 9.97 Å². The largest absolute Gasteiger partial charge is 0.439 e. The number of rotatable bonds is 6. The Morgan fingerprint density at radius 2 is 1.73 bits per heavy atom. The number of thioether (sulfide) groups is 1. The molecule has 0 saturated carbocycles. The number of benzene rings is 2. The molecule has 3 nitrogen and oxygen atoms in total. The van der Waals surface area contributed by atoms with Crippen molar-refractivity contribution in [2.45, 2.75) is 30.7 Å². The third-order valence-corrected chi connectivity index (χ3v) is 4.78. The van der Waals surface area contributed by atoms with Crippen molar-refractivity contribution in [2.75, 3.05) is 0 Å². The minimum absolute atomic E-state index is 0.240. The first-order chi connectivity index (χ1) is 12.5. The second kappa shape index (κ2) is 8.52. The lowest BCUT2D eigenvalue weighted by Crippen LogP contribution is -1.99. The second-order valence-corrected chi connectivity index (χ2v) is 7.42. The molecule has 0 fully saturated rings. The molecule has 0 unspecified atom stereocenters. The summed E-state index contributed by atoms with van der Waals surface area (Å²) in [6, 6.07) is 15.4. The van der Waals surface area contributed by atoms with Gasteiger partial charge in [0, 0.05) is 16.8 Å². The molecule has 1 aromatic heterocycles. The highest BCUT2D eigenvalue weighted by molar-refractivity contribution is 7.98. The van der Waals surface area contributed by atoms with Crippen LogP contribution in [0.25, 0.3) is 0 Å². The normalized spacial score (nSPS) is 11.0. The molecule has 0 aliphatic carbocycles. The zero-order valence-electron chi connectivity index (χ0n) is 14.4. The Labute approximate surface area is 161 Å². The molecular weight excluding hydrogens is 371 g/mol. The molecular formula is C20H18ClFN2OS. The Morgan fingerprint density at radius 1 is 1.04 bits per heavy atom. The molecule has 0 bridgehead atoms. The minimum Gasteiger partial charge on any atom is -0.439 e. The van der Waals surface area contributed by atoms with Crippen molar-refractivity contribution in [3.63, 3.8) is 0 Å². The first-order valence-electron chi connectivity index (χ1n) is 8.19. The average Bonchev–Trinajstić information content (AvgIpc) is 2.63. The van der Waals surface area contributed by atoms with Crippen LogP contribution in [0, 0.1) is 5.82 Å². The Kier molecular flexibility index (Phi) is 6.12. The highest BCUT2D eigenvalue weighted by Gasteiger charge is 2.10. The van der Waals surface area contributed by atoms with Gasteiger partial charge in [-0.3, -0.25) is 0 Å². The third-order valence-electron chi connectivity index (χ3n) is 3.61. The topological polar surface area (TPSA) is 35.0 Å². The van der Waals surface area contributed by atoms with Crippen LogP contribution in [0.5, 0.6) is 11.6 Å². The molecule has 6 heteroatoms. The molecule has 3 rings (SSSR count). The van der Waals surface area contributed by atoms with Gasteiger partial charge in [0.2, 0.25) is 5.88 Å². The second-order valence-electron chi connectivity index (χ2n) is 6.04. The number of hydrogen-bond acceptors (Lipinski definition) is 4. The van der Waals surface area contributed by atoms with Gasteiger partial charge < -0.3 is 4.74 Å². The van der Waals surface area contributed by atoms with Crippen LogP contribution in [0.15, 0.2) is 59.8 Å². The minimum atomic E-state index is -0.240. The Balaban J connectivity index is 1.79. The predicted octanol–water partition coefficient (Wildman–Crippen LogP) is 6.48. The maximum Gasteiger partial charge on any atom is 0.223 e. The molecule has 1 heterocycles. The van der Waals surface area contributed by atoms with Crippen LogP contribution >= 0.6 is 23.4 Å². The number of halogens is 2. The van der Waals surface area contributed by atoms with E-state index in [2.05, 4.69) is 23.8 Å². The van der Waals surface area contributed by atoms with Crippen molar-refractivity contribution in [2.24, 2.45) is 0 Å². The van der Waals surface area contributed by atoms with Crippen LogP contribution in [0.1, 0.15) is 31.0 Å². The van der Waals surface area contributed by atoms with Crippen LogP contribution in [0.3, 0.4) is 0 Å². The Morgan fingerprint density at radius 3 is 2.38 bits per heavy atom. The van der Waals surface area contributed by atoms with E-state index in [0.29, 0.717) is 27.6 Å². The Bertz CT molecular complexity index is 870. The molecule has 2 aromatic carbocycles. The van der Waals surface area contributed by atoms with E-state index in [4.69, 9.17) is 16.3 Å². The van der Waals surface area contributed by atoms with E-state index in [9.17, 15) is 4.39 Å². The van der Waals surface area contributed by atoms with Gasteiger partial charge >= 0.3 is 0 Å². The summed E-state index contributed by atoms with van der Waals surface area (Å²) < 4.78 is 18.9. The standard InChI is InChI=1S/C20H18ClFN2OS/c1-13(2)18-11-19(25-17-9-5-15(21)6-10-17)24-20(23-18)26-12-14-3-7-16(22)8-4-14/h3-11,13H,12H2,1-2H3. The predicted molar refractivity (Wildman–Crippen MR) is 104 cm³/mol. The fourth-order valence-electron chi connectivity index (χ4n) is 2.19. The molecule has 0 aliphatic heterocycles. The molecule has 0 atom stereocenters.